The van der Waals surface area contributed by atoms with Gasteiger partial charge in [0.15, 0.2) is 0 Å². The van der Waals surface area contributed by atoms with Gasteiger partial charge in [0, 0.05) is 6.54 Å². The van der Waals surface area contributed by atoms with Crippen molar-refractivity contribution in [3.05, 3.63) is 29.8 Å². The minimum absolute atomic E-state index is 0.0501. The molecule has 1 N–H and O–H groups in total. The molecule has 0 spiro atoms. The molecule has 0 aliphatic rings. The molecule has 0 radical (unpaired) electrons. The molecule has 0 saturated heterocycles. The monoisotopic (exact) mass is 313 g/mol. The number of hydrogen-bond acceptors (Lipinski definition) is 3. The summed E-state index contributed by atoms with van der Waals surface area (Å²) in [7, 11) is -3.78. The van der Waals surface area contributed by atoms with Gasteiger partial charge in [-0.3, -0.25) is 4.79 Å². The molecule has 0 aliphatic carbocycles. The molecular formula is C15H23NO4S. The maximum absolute atomic E-state index is 12.5. The lowest BCUT2D eigenvalue weighted by atomic mass is 10.0. The molecule has 0 aromatic heterocycles. The number of aliphatic carboxylic acids is 1. The van der Waals surface area contributed by atoms with Crippen LogP contribution in [0, 0.1) is 5.92 Å². The molecular weight excluding hydrogens is 290 g/mol. The zero-order valence-electron chi connectivity index (χ0n) is 12.9. The molecule has 6 heteroatoms. The zero-order valence-corrected chi connectivity index (χ0v) is 13.7. The van der Waals surface area contributed by atoms with E-state index in [9.17, 15) is 13.2 Å². The molecule has 0 aliphatic heterocycles. The number of hydrogen-bond donors (Lipinski definition) is 1. The quantitative estimate of drug-likeness (QED) is 0.839. The van der Waals surface area contributed by atoms with Gasteiger partial charge in [-0.25, -0.2) is 8.42 Å². The van der Waals surface area contributed by atoms with Crippen LogP contribution in [-0.2, 0) is 14.8 Å². The van der Waals surface area contributed by atoms with Crippen molar-refractivity contribution < 1.29 is 18.3 Å². The predicted octanol–water partition coefficient (Wildman–Crippen LogP) is 2.54. The van der Waals surface area contributed by atoms with E-state index in [1.54, 1.807) is 24.3 Å². The lowest BCUT2D eigenvalue weighted by Crippen LogP contribution is -2.38. The molecule has 5 nitrogen and oxygen atoms in total. The Hall–Kier alpha value is -1.40. The largest absolute Gasteiger partial charge is 0.480 e. The van der Waals surface area contributed by atoms with Crippen molar-refractivity contribution in [2.45, 2.75) is 38.5 Å². The number of nitrogens with zero attached hydrogens (tertiary/aromatic N) is 1. The van der Waals surface area contributed by atoms with Gasteiger partial charge in [0.2, 0.25) is 10.0 Å². The van der Waals surface area contributed by atoms with Gasteiger partial charge in [0.1, 0.15) is 6.54 Å². The fourth-order valence-electron chi connectivity index (χ4n) is 1.98. The summed E-state index contributed by atoms with van der Waals surface area (Å²) >= 11 is 0. The van der Waals surface area contributed by atoms with Gasteiger partial charge in [0.05, 0.1) is 4.90 Å². The second kappa shape index (κ2) is 7.04. The Morgan fingerprint density at radius 3 is 2.05 bits per heavy atom. The van der Waals surface area contributed by atoms with E-state index in [0.717, 1.165) is 9.87 Å². The Bertz CT molecular complexity index is 576. The summed E-state index contributed by atoms with van der Waals surface area (Å²) in [5, 5.41) is 8.92. The van der Waals surface area contributed by atoms with Crippen LogP contribution >= 0.6 is 0 Å². The minimum atomic E-state index is -3.78. The first kappa shape index (κ1) is 17.7. The second-order valence-corrected chi connectivity index (χ2v) is 7.75. The number of carbonyl (C=O) groups is 1. The van der Waals surface area contributed by atoms with Gasteiger partial charge in [-0.05, 0) is 29.5 Å². The fraction of sp³-hybridized carbons (Fsp3) is 0.533. The van der Waals surface area contributed by atoms with Crippen molar-refractivity contribution in [1.82, 2.24) is 4.31 Å². The average Bonchev–Trinajstić information content (AvgIpc) is 2.37. The van der Waals surface area contributed by atoms with Crippen LogP contribution in [0.1, 0.15) is 39.2 Å². The Morgan fingerprint density at radius 1 is 1.14 bits per heavy atom. The summed E-state index contributed by atoms with van der Waals surface area (Å²) in [6, 6.07) is 6.62. The summed E-state index contributed by atoms with van der Waals surface area (Å²) in [5.41, 5.74) is 1.04. The van der Waals surface area contributed by atoms with Gasteiger partial charge >= 0.3 is 5.97 Å². The highest BCUT2D eigenvalue weighted by atomic mass is 32.2. The second-order valence-electron chi connectivity index (χ2n) is 5.81. The van der Waals surface area contributed by atoms with Crippen molar-refractivity contribution in [1.29, 1.82) is 0 Å². The molecule has 0 heterocycles. The molecule has 0 saturated carbocycles. The van der Waals surface area contributed by atoms with Crippen molar-refractivity contribution in [3.8, 4) is 0 Å². The molecule has 0 amide bonds. The topological polar surface area (TPSA) is 74.7 Å². The molecule has 1 rings (SSSR count). The normalized spacial score (nSPS) is 12.3. The van der Waals surface area contributed by atoms with Crippen LogP contribution in [-0.4, -0.2) is 36.9 Å². The van der Waals surface area contributed by atoms with E-state index >= 15 is 0 Å². The van der Waals surface area contributed by atoms with Crippen molar-refractivity contribution in [3.63, 3.8) is 0 Å². The number of rotatable bonds is 7. The van der Waals surface area contributed by atoms with Crippen molar-refractivity contribution in [2.75, 3.05) is 13.1 Å². The molecule has 1 aromatic carbocycles. The van der Waals surface area contributed by atoms with Gasteiger partial charge < -0.3 is 5.11 Å². The maximum atomic E-state index is 12.5. The molecule has 1 aromatic rings. The molecule has 21 heavy (non-hydrogen) atoms. The summed E-state index contributed by atoms with van der Waals surface area (Å²) < 4.78 is 26.1. The van der Waals surface area contributed by atoms with Crippen LogP contribution in [0.4, 0.5) is 0 Å². The number of carboxylic acid groups (broad SMARTS) is 1. The number of carboxylic acids is 1. The van der Waals surface area contributed by atoms with Gasteiger partial charge in [-0.1, -0.05) is 39.8 Å². The third-order valence-corrected chi connectivity index (χ3v) is 4.89. The van der Waals surface area contributed by atoms with Crippen molar-refractivity contribution >= 4 is 16.0 Å². The highest BCUT2D eigenvalue weighted by molar-refractivity contribution is 7.89. The predicted molar refractivity (Wildman–Crippen MR) is 81.8 cm³/mol. The SMILES string of the molecule is CC(C)CN(CC(=O)O)S(=O)(=O)c1ccc(C(C)C)cc1. The Morgan fingerprint density at radius 2 is 1.67 bits per heavy atom. The highest BCUT2D eigenvalue weighted by Crippen LogP contribution is 2.20. The smallest absolute Gasteiger partial charge is 0.318 e. The van der Waals surface area contributed by atoms with Gasteiger partial charge in [-0.15, -0.1) is 0 Å². The van der Waals surface area contributed by atoms with E-state index in [-0.39, 0.29) is 17.4 Å². The minimum Gasteiger partial charge on any atom is -0.480 e. The van der Waals surface area contributed by atoms with Crippen LogP contribution in [0.25, 0.3) is 0 Å². The molecule has 0 fully saturated rings. The Balaban J connectivity index is 3.12. The van der Waals surface area contributed by atoms with Crippen LogP contribution < -0.4 is 0 Å². The highest BCUT2D eigenvalue weighted by Gasteiger charge is 2.27. The van der Waals surface area contributed by atoms with Crippen LogP contribution in [0.3, 0.4) is 0 Å². The molecule has 0 bridgehead atoms. The van der Waals surface area contributed by atoms with Crippen LogP contribution in [0.2, 0.25) is 0 Å². The van der Waals surface area contributed by atoms with E-state index in [1.807, 2.05) is 27.7 Å². The first-order chi connectivity index (χ1) is 9.64. The van der Waals surface area contributed by atoms with Crippen LogP contribution in [0.15, 0.2) is 29.2 Å². The van der Waals surface area contributed by atoms with E-state index in [2.05, 4.69) is 0 Å². The zero-order chi connectivity index (χ0) is 16.2. The van der Waals surface area contributed by atoms with E-state index in [1.165, 1.54) is 0 Å². The third-order valence-electron chi connectivity index (χ3n) is 3.06. The number of sulfonamides is 1. The summed E-state index contributed by atoms with van der Waals surface area (Å²) in [4.78, 5) is 11.0. The lowest BCUT2D eigenvalue weighted by Gasteiger charge is -2.22. The van der Waals surface area contributed by atoms with E-state index in [4.69, 9.17) is 5.11 Å². The first-order valence-corrected chi connectivity index (χ1v) is 8.40. The molecule has 0 unspecified atom stereocenters. The van der Waals surface area contributed by atoms with Gasteiger partial charge in [-0.2, -0.15) is 4.31 Å². The summed E-state index contributed by atoms with van der Waals surface area (Å²) in [5.74, 6) is -0.792. The summed E-state index contributed by atoms with van der Waals surface area (Å²) in [6.07, 6.45) is 0. The first-order valence-electron chi connectivity index (χ1n) is 6.96. The van der Waals surface area contributed by atoms with E-state index in [0.29, 0.717) is 5.92 Å². The van der Waals surface area contributed by atoms with E-state index < -0.39 is 22.5 Å². The average molecular weight is 313 g/mol. The van der Waals surface area contributed by atoms with Gasteiger partial charge in [0.25, 0.3) is 0 Å². The van der Waals surface area contributed by atoms with Crippen LogP contribution in [0.5, 0.6) is 0 Å². The Kier molecular flexibility index (Phi) is 5.92. The Labute approximate surface area is 126 Å². The standard InChI is InChI=1S/C15H23NO4S/c1-11(2)9-16(10-15(17)18)21(19,20)14-7-5-13(6-8-14)12(3)4/h5-8,11-12H,9-10H2,1-4H3,(H,17,18). The summed E-state index contributed by atoms with van der Waals surface area (Å²) in [6.45, 7) is 7.42. The third kappa shape index (κ3) is 4.82. The molecule has 118 valence electrons. The van der Waals surface area contributed by atoms with Crippen molar-refractivity contribution in [2.24, 2.45) is 5.92 Å². The lowest BCUT2D eigenvalue weighted by molar-refractivity contribution is -0.137. The molecule has 0 atom stereocenters. The number of benzene rings is 1. The maximum Gasteiger partial charge on any atom is 0.318 e. The fourth-order valence-corrected chi connectivity index (χ4v) is 3.53.